The molecule has 74 valence electrons. The Balaban J connectivity index is 2.32. The second-order valence-electron chi connectivity index (χ2n) is 3.62. The Bertz CT molecular complexity index is 374. The van der Waals surface area contributed by atoms with Crippen molar-refractivity contribution in [2.45, 2.75) is 25.2 Å². The molecule has 3 heteroatoms. The molecule has 1 fully saturated rings. The molecule has 0 heterocycles. The summed E-state index contributed by atoms with van der Waals surface area (Å²) in [6, 6.07) is 4.13. The number of hydrogen-bond donors (Lipinski definition) is 0. The van der Waals surface area contributed by atoms with E-state index in [0.29, 0.717) is 24.8 Å². The van der Waals surface area contributed by atoms with Crippen LogP contribution in [0.2, 0.25) is 0 Å². The third-order valence-corrected chi connectivity index (χ3v) is 2.67. The topological polar surface area (TPSA) is 17.1 Å². The van der Waals surface area contributed by atoms with Gasteiger partial charge in [0.15, 0.2) is 11.6 Å². The summed E-state index contributed by atoms with van der Waals surface area (Å²) in [5.74, 6) is -1.62. The lowest BCUT2D eigenvalue weighted by molar-refractivity contribution is -0.117. The Hall–Kier alpha value is -1.25. The highest BCUT2D eigenvalue weighted by atomic mass is 19.2. The molecule has 0 radical (unpaired) electrons. The molecule has 1 aliphatic carbocycles. The molecule has 0 bridgehead atoms. The largest absolute Gasteiger partial charge is 0.300 e. The van der Waals surface area contributed by atoms with Crippen LogP contribution in [-0.4, -0.2) is 5.78 Å². The summed E-state index contributed by atoms with van der Waals surface area (Å²) < 4.78 is 26.2. The average Bonchev–Trinajstić information content (AvgIpc) is 2.57. The van der Waals surface area contributed by atoms with Crippen LogP contribution in [-0.2, 0) is 4.79 Å². The Kier molecular flexibility index (Phi) is 2.32. The highest BCUT2D eigenvalue weighted by Gasteiger charge is 2.26. The molecule has 1 atom stereocenters. The summed E-state index contributed by atoms with van der Waals surface area (Å²) in [5, 5.41) is 0. The van der Waals surface area contributed by atoms with Crippen LogP contribution in [0.25, 0.3) is 0 Å². The van der Waals surface area contributed by atoms with Crippen molar-refractivity contribution in [2.75, 3.05) is 0 Å². The second kappa shape index (κ2) is 3.48. The van der Waals surface area contributed by atoms with Gasteiger partial charge in [0.2, 0.25) is 0 Å². The molecule has 0 spiro atoms. The van der Waals surface area contributed by atoms with E-state index in [0.717, 1.165) is 6.07 Å². The zero-order chi connectivity index (χ0) is 10.1. The van der Waals surface area contributed by atoms with Crippen LogP contribution >= 0.6 is 0 Å². The summed E-state index contributed by atoms with van der Waals surface area (Å²) in [7, 11) is 0. The smallest absolute Gasteiger partial charge is 0.162 e. The van der Waals surface area contributed by atoms with Crippen LogP contribution in [0.3, 0.4) is 0 Å². The Labute approximate surface area is 80.7 Å². The minimum absolute atomic E-state index is 0.127. The monoisotopic (exact) mass is 196 g/mol. The van der Waals surface area contributed by atoms with Crippen LogP contribution in [0.1, 0.15) is 30.7 Å². The van der Waals surface area contributed by atoms with Crippen LogP contribution in [0, 0.1) is 11.6 Å². The van der Waals surface area contributed by atoms with Gasteiger partial charge >= 0.3 is 0 Å². The van der Waals surface area contributed by atoms with E-state index in [1.807, 2.05) is 0 Å². The lowest BCUT2D eigenvalue weighted by Crippen LogP contribution is -2.00. The van der Waals surface area contributed by atoms with Crippen molar-refractivity contribution in [3.63, 3.8) is 0 Å². The van der Waals surface area contributed by atoms with Gasteiger partial charge in [0, 0.05) is 12.8 Å². The minimum Gasteiger partial charge on any atom is -0.300 e. The minimum atomic E-state index is -0.832. The fourth-order valence-electron chi connectivity index (χ4n) is 1.92. The first-order chi connectivity index (χ1) is 6.68. The van der Waals surface area contributed by atoms with Crippen molar-refractivity contribution >= 4 is 5.78 Å². The van der Waals surface area contributed by atoms with E-state index in [1.165, 1.54) is 6.07 Å². The summed E-state index contributed by atoms with van der Waals surface area (Å²) in [6.45, 7) is 0. The van der Waals surface area contributed by atoms with Crippen LogP contribution in [0.5, 0.6) is 0 Å². The first-order valence-corrected chi connectivity index (χ1v) is 4.64. The van der Waals surface area contributed by atoms with E-state index in [-0.39, 0.29) is 11.7 Å². The molecule has 1 nitrogen and oxygen atoms in total. The second-order valence-corrected chi connectivity index (χ2v) is 3.62. The Morgan fingerprint density at radius 2 is 2.07 bits per heavy atom. The summed E-state index contributed by atoms with van der Waals surface area (Å²) in [4.78, 5) is 11.0. The van der Waals surface area contributed by atoms with Crippen molar-refractivity contribution in [3.8, 4) is 0 Å². The van der Waals surface area contributed by atoms with E-state index in [1.54, 1.807) is 6.07 Å². The van der Waals surface area contributed by atoms with Gasteiger partial charge in [-0.2, -0.15) is 0 Å². The SMILES string of the molecule is O=C1CCC(c2cccc(F)c2F)C1. The molecule has 0 amide bonds. The molecule has 1 aromatic rings. The zero-order valence-corrected chi connectivity index (χ0v) is 7.59. The molecule has 0 aromatic heterocycles. The van der Waals surface area contributed by atoms with Gasteiger partial charge in [-0.15, -0.1) is 0 Å². The number of ketones is 1. The molecular weight excluding hydrogens is 186 g/mol. The zero-order valence-electron chi connectivity index (χ0n) is 7.59. The van der Waals surface area contributed by atoms with Crippen molar-refractivity contribution in [2.24, 2.45) is 0 Å². The number of carbonyl (C=O) groups excluding carboxylic acids is 1. The number of halogens is 2. The van der Waals surface area contributed by atoms with Crippen LogP contribution in [0.15, 0.2) is 18.2 Å². The maximum Gasteiger partial charge on any atom is 0.162 e. The van der Waals surface area contributed by atoms with Gasteiger partial charge in [-0.05, 0) is 24.0 Å². The number of Topliss-reactive ketones (excluding diaryl/α,β-unsaturated/α-hetero) is 1. The average molecular weight is 196 g/mol. The number of rotatable bonds is 1. The van der Waals surface area contributed by atoms with Crippen molar-refractivity contribution < 1.29 is 13.6 Å². The van der Waals surface area contributed by atoms with Crippen molar-refractivity contribution in [3.05, 3.63) is 35.4 Å². The van der Waals surface area contributed by atoms with Crippen molar-refractivity contribution in [1.82, 2.24) is 0 Å². The van der Waals surface area contributed by atoms with Gasteiger partial charge in [-0.25, -0.2) is 8.78 Å². The molecule has 1 aliphatic rings. The highest BCUT2D eigenvalue weighted by molar-refractivity contribution is 5.81. The molecule has 0 N–H and O–H groups in total. The Morgan fingerprint density at radius 1 is 1.29 bits per heavy atom. The van der Waals surface area contributed by atoms with E-state index < -0.39 is 11.6 Å². The van der Waals surface area contributed by atoms with E-state index in [2.05, 4.69) is 0 Å². The number of hydrogen-bond acceptors (Lipinski definition) is 1. The lowest BCUT2D eigenvalue weighted by Gasteiger charge is -2.09. The fraction of sp³-hybridized carbons (Fsp3) is 0.364. The van der Waals surface area contributed by atoms with Gasteiger partial charge in [0.1, 0.15) is 5.78 Å². The first-order valence-electron chi connectivity index (χ1n) is 4.64. The Morgan fingerprint density at radius 3 is 2.71 bits per heavy atom. The number of benzene rings is 1. The van der Waals surface area contributed by atoms with Crippen molar-refractivity contribution in [1.29, 1.82) is 0 Å². The van der Waals surface area contributed by atoms with Gasteiger partial charge in [0.05, 0.1) is 0 Å². The molecule has 14 heavy (non-hydrogen) atoms. The van der Waals surface area contributed by atoms with Gasteiger partial charge in [-0.3, -0.25) is 4.79 Å². The van der Waals surface area contributed by atoms with Gasteiger partial charge in [-0.1, -0.05) is 12.1 Å². The molecule has 1 unspecified atom stereocenters. The molecule has 2 rings (SSSR count). The fourth-order valence-corrected chi connectivity index (χ4v) is 1.92. The van der Waals surface area contributed by atoms with Gasteiger partial charge in [0.25, 0.3) is 0 Å². The number of carbonyl (C=O) groups is 1. The summed E-state index contributed by atoms with van der Waals surface area (Å²) in [5.41, 5.74) is 0.343. The predicted molar refractivity (Wildman–Crippen MR) is 48.0 cm³/mol. The van der Waals surface area contributed by atoms with E-state index in [4.69, 9.17) is 0 Å². The third kappa shape index (κ3) is 1.54. The maximum absolute atomic E-state index is 13.3. The summed E-state index contributed by atoms with van der Waals surface area (Å²) >= 11 is 0. The molecule has 0 aliphatic heterocycles. The molecular formula is C11H10F2O. The maximum atomic E-state index is 13.3. The first kappa shape index (κ1) is 9.31. The van der Waals surface area contributed by atoms with Crippen LogP contribution < -0.4 is 0 Å². The summed E-state index contributed by atoms with van der Waals surface area (Å²) in [6.07, 6.45) is 1.47. The normalized spacial score (nSPS) is 21.6. The molecule has 1 aromatic carbocycles. The standard InChI is InChI=1S/C11H10F2O/c12-10-3-1-2-9(11(10)13)7-4-5-8(14)6-7/h1-3,7H,4-6H2. The highest BCUT2D eigenvalue weighted by Crippen LogP contribution is 2.33. The predicted octanol–water partition coefficient (Wildman–Crippen LogP) is 2.80. The van der Waals surface area contributed by atoms with E-state index >= 15 is 0 Å². The molecule has 0 saturated heterocycles. The third-order valence-electron chi connectivity index (χ3n) is 2.67. The lowest BCUT2D eigenvalue weighted by atomic mass is 9.97. The van der Waals surface area contributed by atoms with Crippen LogP contribution in [0.4, 0.5) is 8.78 Å². The quantitative estimate of drug-likeness (QED) is 0.675. The van der Waals surface area contributed by atoms with Gasteiger partial charge < -0.3 is 0 Å². The van der Waals surface area contributed by atoms with E-state index in [9.17, 15) is 13.6 Å². The molecule has 1 saturated carbocycles.